The summed E-state index contributed by atoms with van der Waals surface area (Å²) in [5.74, 6) is -0.692. The number of esters is 1. The normalized spacial score (nSPS) is 12.2. The first-order chi connectivity index (χ1) is 9.85. The molecule has 0 bridgehead atoms. The second-order valence-corrected chi connectivity index (χ2v) is 6.44. The van der Waals surface area contributed by atoms with Gasteiger partial charge in [-0.3, -0.25) is 0 Å². The van der Waals surface area contributed by atoms with Crippen molar-refractivity contribution < 1.29 is 17.9 Å². The molecule has 0 amide bonds. The molecule has 0 aliphatic heterocycles. The van der Waals surface area contributed by atoms with Crippen molar-refractivity contribution in [2.24, 2.45) is 5.73 Å². The Morgan fingerprint density at radius 1 is 1.29 bits per heavy atom. The Balaban J connectivity index is 3.29. The van der Waals surface area contributed by atoms with Crippen molar-refractivity contribution in [2.75, 3.05) is 13.7 Å². The van der Waals surface area contributed by atoms with Gasteiger partial charge < -0.3 is 10.5 Å². The van der Waals surface area contributed by atoms with Crippen LogP contribution in [0.4, 0.5) is 0 Å². The van der Waals surface area contributed by atoms with Gasteiger partial charge in [-0.1, -0.05) is 26.0 Å². The van der Waals surface area contributed by atoms with Crippen molar-refractivity contribution in [3.8, 4) is 0 Å². The fourth-order valence-electron chi connectivity index (χ4n) is 2.04. The van der Waals surface area contributed by atoms with E-state index in [0.29, 0.717) is 12.8 Å². The van der Waals surface area contributed by atoms with Crippen LogP contribution >= 0.6 is 0 Å². The lowest BCUT2D eigenvalue weighted by molar-refractivity contribution is 0.0596. The number of ether oxygens (including phenoxy) is 1. The third-order valence-electron chi connectivity index (χ3n) is 3.68. The van der Waals surface area contributed by atoms with Crippen molar-refractivity contribution in [3.63, 3.8) is 0 Å². The van der Waals surface area contributed by atoms with E-state index in [9.17, 15) is 13.2 Å². The molecule has 3 N–H and O–H groups in total. The zero-order valence-electron chi connectivity index (χ0n) is 12.5. The summed E-state index contributed by atoms with van der Waals surface area (Å²) in [5, 5.41) is 0. The van der Waals surface area contributed by atoms with Gasteiger partial charge in [0, 0.05) is 12.1 Å². The maximum atomic E-state index is 12.6. The van der Waals surface area contributed by atoms with E-state index < -0.39 is 21.5 Å². The molecule has 0 saturated carbocycles. The monoisotopic (exact) mass is 314 g/mol. The molecule has 7 heteroatoms. The highest BCUT2D eigenvalue weighted by atomic mass is 32.2. The highest BCUT2D eigenvalue weighted by Gasteiger charge is 2.32. The van der Waals surface area contributed by atoms with Gasteiger partial charge in [0.05, 0.1) is 17.6 Å². The minimum Gasteiger partial charge on any atom is -0.465 e. The Morgan fingerprint density at radius 3 is 2.33 bits per heavy atom. The van der Waals surface area contributed by atoms with E-state index in [1.807, 2.05) is 13.8 Å². The SMILES string of the molecule is CCC(CC)(CN)NS(=O)(=O)c1ccccc1C(=O)OC. The van der Waals surface area contributed by atoms with Crippen LogP contribution in [0.15, 0.2) is 29.2 Å². The molecule has 1 aromatic rings. The number of carbonyl (C=O) groups excluding carboxylic acids is 1. The van der Waals surface area contributed by atoms with Crippen LogP contribution in [0.25, 0.3) is 0 Å². The Labute approximate surface area is 125 Å². The molecule has 0 radical (unpaired) electrons. The lowest BCUT2D eigenvalue weighted by Crippen LogP contribution is -2.52. The minimum absolute atomic E-state index is 0.00521. The molecule has 0 spiro atoms. The van der Waals surface area contributed by atoms with E-state index in [-0.39, 0.29) is 17.0 Å². The Morgan fingerprint density at radius 2 is 1.86 bits per heavy atom. The third-order valence-corrected chi connectivity index (χ3v) is 5.31. The molecular weight excluding hydrogens is 292 g/mol. The molecule has 1 aromatic carbocycles. The molecule has 0 saturated heterocycles. The van der Waals surface area contributed by atoms with Crippen LogP contribution in [0.3, 0.4) is 0 Å². The number of hydrogen-bond donors (Lipinski definition) is 2. The summed E-state index contributed by atoms with van der Waals surface area (Å²) < 4.78 is 32.4. The summed E-state index contributed by atoms with van der Waals surface area (Å²) in [7, 11) is -2.66. The van der Waals surface area contributed by atoms with Crippen molar-refractivity contribution in [3.05, 3.63) is 29.8 Å². The topological polar surface area (TPSA) is 98.5 Å². The summed E-state index contributed by atoms with van der Waals surface area (Å²) in [4.78, 5) is 11.6. The summed E-state index contributed by atoms with van der Waals surface area (Å²) in [6, 6.07) is 5.94. The van der Waals surface area contributed by atoms with Crippen LogP contribution in [0.2, 0.25) is 0 Å². The number of methoxy groups -OCH3 is 1. The molecule has 0 atom stereocenters. The zero-order valence-corrected chi connectivity index (χ0v) is 13.4. The van der Waals surface area contributed by atoms with Crippen LogP contribution in [0, 0.1) is 0 Å². The first-order valence-corrected chi connectivity index (χ1v) is 8.25. The Bertz CT molecular complexity index is 586. The van der Waals surface area contributed by atoms with Gasteiger partial charge in [0.25, 0.3) is 0 Å². The highest BCUT2D eigenvalue weighted by Crippen LogP contribution is 2.21. The predicted octanol–water partition coefficient (Wildman–Crippen LogP) is 1.27. The summed E-state index contributed by atoms with van der Waals surface area (Å²) in [6.07, 6.45) is 1.11. The Hall–Kier alpha value is -1.44. The van der Waals surface area contributed by atoms with Crippen LogP contribution in [0.5, 0.6) is 0 Å². The van der Waals surface area contributed by atoms with Crippen LogP contribution in [0.1, 0.15) is 37.0 Å². The van der Waals surface area contributed by atoms with Gasteiger partial charge in [0.1, 0.15) is 0 Å². The first-order valence-electron chi connectivity index (χ1n) is 6.77. The van der Waals surface area contributed by atoms with Crippen molar-refractivity contribution in [1.29, 1.82) is 0 Å². The standard InChI is InChI=1S/C14H22N2O4S/c1-4-14(5-2,10-15)16-21(18,19)12-9-7-6-8-11(12)13(17)20-3/h6-9,16H,4-5,10,15H2,1-3H3. The molecule has 0 unspecified atom stereocenters. The molecule has 21 heavy (non-hydrogen) atoms. The van der Waals surface area contributed by atoms with E-state index in [2.05, 4.69) is 9.46 Å². The molecule has 0 heterocycles. The predicted molar refractivity (Wildman–Crippen MR) is 80.5 cm³/mol. The van der Waals surface area contributed by atoms with Crippen LogP contribution < -0.4 is 10.5 Å². The fourth-order valence-corrected chi connectivity index (χ4v) is 3.79. The second-order valence-electron chi connectivity index (χ2n) is 4.78. The molecule has 0 aliphatic rings. The molecule has 0 aliphatic carbocycles. The summed E-state index contributed by atoms with van der Waals surface area (Å²) in [6.45, 7) is 3.91. The quantitative estimate of drug-likeness (QED) is 0.738. The van der Waals surface area contributed by atoms with Gasteiger partial charge >= 0.3 is 5.97 Å². The maximum absolute atomic E-state index is 12.6. The number of nitrogens with one attached hydrogen (secondary N) is 1. The van der Waals surface area contributed by atoms with Crippen molar-refractivity contribution in [1.82, 2.24) is 4.72 Å². The maximum Gasteiger partial charge on any atom is 0.339 e. The Kier molecular flexibility index (Phi) is 5.88. The number of sulfonamides is 1. The van der Waals surface area contributed by atoms with Gasteiger partial charge in [-0.25, -0.2) is 17.9 Å². The molecule has 0 fully saturated rings. The van der Waals surface area contributed by atoms with Crippen molar-refractivity contribution >= 4 is 16.0 Å². The smallest absolute Gasteiger partial charge is 0.339 e. The lowest BCUT2D eigenvalue weighted by Gasteiger charge is -2.31. The second kappa shape index (κ2) is 7.02. The average Bonchev–Trinajstić information content (AvgIpc) is 2.52. The lowest BCUT2D eigenvalue weighted by atomic mass is 9.95. The van der Waals surface area contributed by atoms with Crippen molar-refractivity contribution in [2.45, 2.75) is 37.1 Å². The van der Waals surface area contributed by atoms with E-state index in [1.165, 1.54) is 19.2 Å². The molecular formula is C14H22N2O4S. The van der Waals surface area contributed by atoms with E-state index >= 15 is 0 Å². The van der Waals surface area contributed by atoms with Gasteiger partial charge in [0.15, 0.2) is 0 Å². The minimum atomic E-state index is -3.87. The summed E-state index contributed by atoms with van der Waals surface area (Å²) >= 11 is 0. The molecule has 0 aromatic heterocycles. The molecule has 6 nitrogen and oxygen atoms in total. The van der Waals surface area contributed by atoms with E-state index in [0.717, 1.165) is 0 Å². The van der Waals surface area contributed by atoms with Crippen LogP contribution in [-0.4, -0.2) is 33.6 Å². The number of carbonyl (C=O) groups is 1. The largest absolute Gasteiger partial charge is 0.465 e. The van der Waals surface area contributed by atoms with Gasteiger partial charge in [-0.15, -0.1) is 0 Å². The molecule has 1 rings (SSSR count). The zero-order chi connectivity index (χ0) is 16.1. The van der Waals surface area contributed by atoms with Gasteiger partial charge in [-0.05, 0) is 25.0 Å². The number of benzene rings is 1. The van der Waals surface area contributed by atoms with Crippen LogP contribution in [-0.2, 0) is 14.8 Å². The fraction of sp³-hybridized carbons (Fsp3) is 0.500. The summed E-state index contributed by atoms with van der Waals surface area (Å²) in [5.41, 5.74) is 5.00. The van der Waals surface area contributed by atoms with Gasteiger partial charge in [0.2, 0.25) is 10.0 Å². The number of rotatable bonds is 7. The van der Waals surface area contributed by atoms with Gasteiger partial charge in [-0.2, -0.15) is 0 Å². The number of nitrogens with two attached hydrogens (primary N) is 1. The average molecular weight is 314 g/mol. The van der Waals surface area contributed by atoms with E-state index in [4.69, 9.17) is 5.73 Å². The molecule has 118 valence electrons. The third kappa shape index (κ3) is 3.81. The highest BCUT2D eigenvalue weighted by molar-refractivity contribution is 7.89. The van der Waals surface area contributed by atoms with E-state index in [1.54, 1.807) is 12.1 Å². The first kappa shape index (κ1) is 17.6. The number of hydrogen-bond acceptors (Lipinski definition) is 5.